The number of hydrogen-bond acceptors (Lipinski definition) is 3. The molecule has 1 aliphatic carbocycles. The van der Waals surface area contributed by atoms with Crippen molar-refractivity contribution >= 4 is 5.97 Å². The Labute approximate surface area is 83.6 Å². The molecule has 0 aromatic carbocycles. The summed E-state index contributed by atoms with van der Waals surface area (Å²) in [6.45, 7) is 3.44. The van der Waals surface area contributed by atoms with Crippen LogP contribution in [-0.2, 0) is 4.79 Å². The molecule has 1 fully saturated rings. The maximum absolute atomic E-state index is 10.8. The van der Waals surface area contributed by atoms with Gasteiger partial charge in [0.25, 0.3) is 0 Å². The third-order valence-corrected chi connectivity index (χ3v) is 3.36. The Bertz CT molecular complexity index is 228. The first-order chi connectivity index (χ1) is 6.38. The molecule has 0 aliphatic heterocycles. The normalized spacial score (nSPS) is 40.6. The number of carboxylic acid groups (broad SMARTS) is 1. The van der Waals surface area contributed by atoms with Crippen LogP contribution in [0.15, 0.2) is 0 Å². The zero-order chi connectivity index (χ0) is 10.9. The van der Waals surface area contributed by atoms with Crippen molar-refractivity contribution < 1.29 is 20.1 Å². The van der Waals surface area contributed by atoms with E-state index >= 15 is 0 Å². The third-order valence-electron chi connectivity index (χ3n) is 3.36. The topological polar surface area (TPSA) is 77.8 Å². The zero-order valence-corrected chi connectivity index (χ0v) is 8.60. The highest BCUT2D eigenvalue weighted by atomic mass is 16.4. The molecular formula is C10H18O4. The summed E-state index contributed by atoms with van der Waals surface area (Å²) >= 11 is 0. The van der Waals surface area contributed by atoms with Crippen molar-refractivity contribution in [2.45, 2.75) is 44.8 Å². The van der Waals surface area contributed by atoms with Crippen LogP contribution in [0, 0.1) is 11.8 Å². The van der Waals surface area contributed by atoms with E-state index in [2.05, 4.69) is 0 Å². The summed E-state index contributed by atoms with van der Waals surface area (Å²) in [6.07, 6.45) is 0.694. The molecule has 4 heteroatoms. The average Bonchev–Trinajstić information content (AvgIpc) is 2.10. The molecule has 3 N–H and O–H groups in total. The van der Waals surface area contributed by atoms with Crippen LogP contribution in [0.3, 0.4) is 0 Å². The molecule has 1 aliphatic rings. The highest BCUT2D eigenvalue weighted by molar-refractivity contribution is 5.71. The second-order valence-corrected chi connectivity index (χ2v) is 4.45. The predicted octanol–water partition coefficient (Wildman–Crippen LogP) is 0.619. The summed E-state index contributed by atoms with van der Waals surface area (Å²) < 4.78 is 0. The van der Waals surface area contributed by atoms with Crippen molar-refractivity contribution in [3.05, 3.63) is 0 Å². The van der Waals surface area contributed by atoms with E-state index in [-0.39, 0.29) is 0 Å². The van der Waals surface area contributed by atoms with Gasteiger partial charge in [-0.1, -0.05) is 6.92 Å². The summed E-state index contributed by atoms with van der Waals surface area (Å²) in [4.78, 5) is 10.8. The third kappa shape index (κ3) is 1.91. The first-order valence-electron chi connectivity index (χ1n) is 5.01. The molecule has 82 valence electrons. The number of carboxylic acids is 1. The number of aliphatic hydroxyl groups excluding tert-OH is 1. The molecule has 14 heavy (non-hydrogen) atoms. The smallest absolute Gasteiger partial charge is 0.309 e. The number of aliphatic hydroxyl groups is 2. The summed E-state index contributed by atoms with van der Waals surface area (Å²) in [5.41, 5.74) is -1.45. The van der Waals surface area contributed by atoms with Gasteiger partial charge in [-0.3, -0.25) is 4.79 Å². The van der Waals surface area contributed by atoms with Gasteiger partial charge in [0, 0.05) is 0 Å². The molecule has 0 aromatic heterocycles. The Morgan fingerprint density at radius 2 is 2.14 bits per heavy atom. The molecular weight excluding hydrogens is 184 g/mol. The minimum Gasteiger partial charge on any atom is -0.481 e. The lowest BCUT2D eigenvalue weighted by Gasteiger charge is -2.41. The van der Waals surface area contributed by atoms with Crippen LogP contribution < -0.4 is 0 Å². The summed E-state index contributed by atoms with van der Waals surface area (Å²) in [5, 5.41) is 28.6. The van der Waals surface area contributed by atoms with Crippen molar-refractivity contribution in [2.24, 2.45) is 11.8 Å². The van der Waals surface area contributed by atoms with Crippen LogP contribution >= 0.6 is 0 Å². The van der Waals surface area contributed by atoms with Crippen molar-refractivity contribution in [3.63, 3.8) is 0 Å². The van der Waals surface area contributed by atoms with E-state index in [1.165, 1.54) is 6.92 Å². The fraction of sp³-hybridized carbons (Fsp3) is 0.900. The lowest BCUT2D eigenvalue weighted by atomic mass is 9.71. The molecule has 0 heterocycles. The van der Waals surface area contributed by atoms with E-state index in [0.29, 0.717) is 18.8 Å². The maximum Gasteiger partial charge on any atom is 0.309 e. The standard InChI is InChI=1S/C10H18O4/c1-6-3-4-10(14,8(11)5-6)7(2)9(12)13/h6-8,11,14H,3-5H2,1-2H3,(H,12,13). The van der Waals surface area contributed by atoms with Gasteiger partial charge >= 0.3 is 5.97 Å². The van der Waals surface area contributed by atoms with Crippen molar-refractivity contribution in [1.29, 1.82) is 0 Å². The average molecular weight is 202 g/mol. The molecule has 4 atom stereocenters. The van der Waals surface area contributed by atoms with Gasteiger partial charge in [0.2, 0.25) is 0 Å². The van der Waals surface area contributed by atoms with E-state index in [1.807, 2.05) is 6.92 Å². The Morgan fingerprint density at radius 3 is 2.57 bits per heavy atom. The molecule has 4 nitrogen and oxygen atoms in total. The second kappa shape index (κ2) is 3.87. The summed E-state index contributed by atoms with van der Waals surface area (Å²) in [5.74, 6) is -1.61. The molecule has 0 bridgehead atoms. The first-order valence-corrected chi connectivity index (χ1v) is 5.01. The summed E-state index contributed by atoms with van der Waals surface area (Å²) in [7, 11) is 0. The highest BCUT2D eigenvalue weighted by Gasteiger charge is 2.47. The van der Waals surface area contributed by atoms with Crippen molar-refractivity contribution in [3.8, 4) is 0 Å². The molecule has 0 amide bonds. The van der Waals surface area contributed by atoms with E-state index < -0.39 is 23.6 Å². The quantitative estimate of drug-likeness (QED) is 0.613. The lowest BCUT2D eigenvalue weighted by Crippen LogP contribution is -2.53. The highest BCUT2D eigenvalue weighted by Crippen LogP contribution is 2.37. The Kier molecular flexibility index (Phi) is 3.17. The minimum absolute atomic E-state index is 0.353. The molecule has 0 spiro atoms. The molecule has 1 saturated carbocycles. The van der Waals surface area contributed by atoms with Crippen LogP contribution in [0.25, 0.3) is 0 Å². The van der Waals surface area contributed by atoms with Gasteiger partial charge < -0.3 is 15.3 Å². The van der Waals surface area contributed by atoms with E-state index in [0.717, 1.165) is 6.42 Å². The Hall–Kier alpha value is -0.610. The van der Waals surface area contributed by atoms with Gasteiger partial charge in [0.1, 0.15) is 5.60 Å². The predicted molar refractivity (Wildman–Crippen MR) is 50.8 cm³/mol. The molecule has 0 saturated heterocycles. The van der Waals surface area contributed by atoms with Gasteiger partial charge in [-0.25, -0.2) is 0 Å². The Balaban J connectivity index is 2.78. The van der Waals surface area contributed by atoms with E-state index in [4.69, 9.17) is 5.11 Å². The zero-order valence-electron chi connectivity index (χ0n) is 8.60. The fourth-order valence-corrected chi connectivity index (χ4v) is 2.07. The molecule has 1 rings (SSSR count). The van der Waals surface area contributed by atoms with E-state index in [9.17, 15) is 15.0 Å². The van der Waals surface area contributed by atoms with Crippen molar-refractivity contribution in [1.82, 2.24) is 0 Å². The van der Waals surface area contributed by atoms with Crippen LogP contribution in [0.5, 0.6) is 0 Å². The molecule has 0 radical (unpaired) electrons. The first kappa shape index (κ1) is 11.5. The number of hydrogen-bond donors (Lipinski definition) is 3. The minimum atomic E-state index is -1.45. The second-order valence-electron chi connectivity index (χ2n) is 4.45. The van der Waals surface area contributed by atoms with Crippen LogP contribution in [0.2, 0.25) is 0 Å². The fourth-order valence-electron chi connectivity index (χ4n) is 2.07. The van der Waals surface area contributed by atoms with Crippen LogP contribution in [0.4, 0.5) is 0 Å². The SMILES string of the molecule is CC1CCC(O)(C(C)C(=O)O)C(O)C1. The van der Waals surface area contributed by atoms with Gasteiger partial charge in [-0.2, -0.15) is 0 Å². The van der Waals surface area contributed by atoms with Gasteiger partial charge in [0.15, 0.2) is 0 Å². The van der Waals surface area contributed by atoms with Crippen LogP contribution in [-0.4, -0.2) is 33.0 Å². The Morgan fingerprint density at radius 1 is 1.57 bits per heavy atom. The summed E-state index contributed by atoms with van der Waals surface area (Å²) in [6, 6.07) is 0. The van der Waals surface area contributed by atoms with E-state index in [1.54, 1.807) is 0 Å². The number of aliphatic carboxylic acids is 1. The van der Waals surface area contributed by atoms with Crippen LogP contribution in [0.1, 0.15) is 33.1 Å². The number of rotatable bonds is 2. The lowest BCUT2D eigenvalue weighted by molar-refractivity contribution is -0.172. The largest absolute Gasteiger partial charge is 0.481 e. The molecule has 4 unspecified atom stereocenters. The number of carbonyl (C=O) groups is 1. The van der Waals surface area contributed by atoms with Crippen molar-refractivity contribution in [2.75, 3.05) is 0 Å². The monoisotopic (exact) mass is 202 g/mol. The van der Waals surface area contributed by atoms with Gasteiger partial charge in [-0.15, -0.1) is 0 Å². The maximum atomic E-state index is 10.8. The molecule has 0 aromatic rings. The van der Waals surface area contributed by atoms with Gasteiger partial charge in [0.05, 0.1) is 12.0 Å². The van der Waals surface area contributed by atoms with Gasteiger partial charge in [-0.05, 0) is 32.1 Å².